The van der Waals surface area contributed by atoms with Crippen molar-refractivity contribution in [2.75, 3.05) is 13.2 Å². The van der Waals surface area contributed by atoms with Crippen molar-refractivity contribution in [3.8, 4) is 0 Å². The van der Waals surface area contributed by atoms with E-state index in [1.165, 1.54) is 0 Å². The van der Waals surface area contributed by atoms with E-state index < -0.39 is 5.97 Å². The molecule has 0 saturated carbocycles. The number of hydrogen-bond donors (Lipinski definition) is 2. The molecule has 1 aliphatic rings. The van der Waals surface area contributed by atoms with Crippen LogP contribution in [-0.4, -0.2) is 35.7 Å². The van der Waals surface area contributed by atoms with Gasteiger partial charge >= 0.3 is 5.97 Å². The largest absolute Gasteiger partial charge is 0.478 e. The van der Waals surface area contributed by atoms with Gasteiger partial charge in [0, 0.05) is 19.6 Å². The number of carbonyl (C=O) groups excluding carboxylic acids is 1. The van der Waals surface area contributed by atoms with Gasteiger partial charge in [0.05, 0.1) is 11.2 Å². The van der Waals surface area contributed by atoms with Gasteiger partial charge in [-0.05, 0) is 43.9 Å². The number of hydrogen-bond acceptors (Lipinski definition) is 3. The maximum atomic E-state index is 11.8. The van der Waals surface area contributed by atoms with E-state index in [9.17, 15) is 9.59 Å². The van der Waals surface area contributed by atoms with Crippen LogP contribution in [-0.2, 0) is 16.0 Å². The molecule has 1 aliphatic heterocycles. The molecule has 2 N–H and O–H groups in total. The normalized spacial score (nSPS) is 21.2. The van der Waals surface area contributed by atoms with Gasteiger partial charge in [-0.1, -0.05) is 12.1 Å². The van der Waals surface area contributed by atoms with E-state index in [1.54, 1.807) is 24.3 Å². The summed E-state index contributed by atoms with van der Waals surface area (Å²) in [7, 11) is 0. The Bertz CT molecular complexity index is 504. The molecule has 0 bridgehead atoms. The molecule has 1 amide bonds. The third kappa shape index (κ3) is 4.56. The van der Waals surface area contributed by atoms with Gasteiger partial charge in [0.1, 0.15) is 0 Å². The lowest BCUT2D eigenvalue weighted by molar-refractivity contribution is -0.122. The summed E-state index contributed by atoms with van der Waals surface area (Å²) in [5.74, 6) is -0.946. The third-order valence-electron chi connectivity index (χ3n) is 3.80. The molecule has 5 heteroatoms. The van der Waals surface area contributed by atoms with Crippen molar-refractivity contribution in [3.63, 3.8) is 0 Å². The topological polar surface area (TPSA) is 75.6 Å². The Balaban J connectivity index is 1.74. The monoisotopic (exact) mass is 291 g/mol. The number of rotatable bonds is 6. The minimum Gasteiger partial charge on any atom is -0.478 e. The van der Waals surface area contributed by atoms with Crippen LogP contribution in [0.15, 0.2) is 24.3 Å². The molecule has 0 spiro atoms. The van der Waals surface area contributed by atoms with E-state index >= 15 is 0 Å². The number of carbonyl (C=O) groups is 2. The van der Waals surface area contributed by atoms with Crippen LogP contribution in [0, 0.1) is 0 Å². The molecular formula is C16H21NO4. The Hall–Kier alpha value is -1.88. The molecule has 2 rings (SSSR count). The summed E-state index contributed by atoms with van der Waals surface area (Å²) < 4.78 is 5.62. The third-order valence-corrected chi connectivity index (χ3v) is 3.80. The maximum absolute atomic E-state index is 11.8. The highest BCUT2D eigenvalue weighted by molar-refractivity contribution is 5.87. The first kappa shape index (κ1) is 15.5. The zero-order valence-electron chi connectivity index (χ0n) is 12.2. The van der Waals surface area contributed by atoms with E-state index in [4.69, 9.17) is 9.84 Å². The van der Waals surface area contributed by atoms with Gasteiger partial charge < -0.3 is 15.2 Å². The van der Waals surface area contributed by atoms with Gasteiger partial charge in [-0.15, -0.1) is 0 Å². The Labute approximate surface area is 124 Å². The molecule has 1 saturated heterocycles. The first-order valence-corrected chi connectivity index (χ1v) is 7.21. The molecule has 1 heterocycles. The minimum atomic E-state index is -0.941. The van der Waals surface area contributed by atoms with Crippen molar-refractivity contribution in [1.29, 1.82) is 0 Å². The molecule has 1 unspecified atom stereocenters. The zero-order valence-corrected chi connectivity index (χ0v) is 12.2. The number of carboxylic acid groups (broad SMARTS) is 1. The van der Waals surface area contributed by atoms with Crippen LogP contribution in [0.1, 0.15) is 42.1 Å². The van der Waals surface area contributed by atoms with E-state index in [-0.39, 0.29) is 17.1 Å². The predicted molar refractivity (Wildman–Crippen MR) is 78.3 cm³/mol. The van der Waals surface area contributed by atoms with Crippen LogP contribution in [0.4, 0.5) is 0 Å². The number of benzene rings is 1. The number of carboxylic acids is 1. The second kappa shape index (κ2) is 6.72. The fourth-order valence-electron chi connectivity index (χ4n) is 2.42. The average molecular weight is 291 g/mol. The number of aryl methyl sites for hydroxylation is 1. The summed E-state index contributed by atoms with van der Waals surface area (Å²) in [6.07, 6.45) is 3.01. The zero-order chi connectivity index (χ0) is 15.3. The lowest BCUT2D eigenvalue weighted by Crippen LogP contribution is -2.40. The molecule has 1 aromatic carbocycles. The Morgan fingerprint density at radius 3 is 2.62 bits per heavy atom. The van der Waals surface area contributed by atoms with Gasteiger partial charge in [-0.3, -0.25) is 4.79 Å². The Morgan fingerprint density at radius 1 is 1.33 bits per heavy atom. The van der Waals surface area contributed by atoms with Crippen LogP contribution in [0.5, 0.6) is 0 Å². The van der Waals surface area contributed by atoms with Crippen LogP contribution in [0.2, 0.25) is 0 Å². The van der Waals surface area contributed by atoms with Gasteiger partial charge in [0.25, 0.3) is 0 Å². The minimum absolute atomic E-state index is 0.00552. The standard InChI is InChI=1S/C16H21NO4/c1-16(9-2-10-21-16)11-17-14(18)8-5-12-3-6-13(7-4-12)15(19)20/h3-4,6-7H,2,5,8-11H2,1H3,(H,17,18)(H,19,20). The predicted octanol–water partition coefficient (Wildman–Crippen LogP) is 2.00. The van der Waals surface area contributed by atoms with Crippen molar-refractivity contribution in [2.24, 2.45) is 0 Å². The molecule has 0 aliphatic carbocycles. The van der Waals surface area contributed by atoms with Crippen LogP contribution in [0.25, 0.3) is 0 Å². The van der Waals surface area contributed by atoms with E-state index in [2.05, 4.69) is 5.32 Å². The van der Waals surface area contributed by atoms with Crippen LogP contribution < -0.4 is 5.32 Å². The number of amides is 1. The molecule has 1 fully saturated rings. The van der Waals surface area contributed by atoms with Crippen molar-refractivity contribution < 1.29 is 19.4 Å². The average Bonchev–Trinajstić information content (AvgIpc) is 2.91. The summed E-state index contributed by atoms with van der Waals surface area (Å²) in [4.78, 5) is 22.6. The summed E-state index contributed by atoms with van der Waals surface area (Å²) in [5.41, 5.74) is 0.992. The first-order chi connectivity index (χ1) is 9.98. The molecule has 1 aromatic rings. The van der Waals surface area contributed by atoms with Gasteiger partial charge in [-0.2, -0.15) is 0 Å². The molecule has 0 aromatic heterocycles. The first-order valence-electron chi connectivity index (χ1n) is 7.21. The smallest absolute Gasteiger partial charge is 0.335 e. The second-order valence-electron chi connectivity index (χ2n) is 5.68. The Kier molecular flexibility index (Phi) is 4.96. The molecular weight excluding hydrogens is 270 g/mol. The highest BCUT2D eigenvalue weighted by atomic mass is 16.5. The lowest BCUT2D eigenvalue weighted by atomic mass is 10.0. The number of ether oxygens (including phenoxy) is 1. The fourth-order valence-corrected chi connectivity index (χ4v) is 2.42. The fraction of sp³-hybridized carbons (Fsp3) is 0.500. The summed E-state index contributed by atoms with van der Waals surface area (Å²) >= 11 is 0. The highest BCUT2D eigenvalue weighted by Gasteiger charge is 2.29. The van der Waals surface area contributed by atoms with Gasteiger partial charge in [0.2, 0.25) is 5.91 Å². The Morgan fingerprint density at radius 2 is 2.05 bits per heavy atom. The number of nitrogens with one attached hydrogen (secondary N) is 1. The quantitative estimate of drug-likeness (QED) is 0.840. The van der Waals surface area contributed by atoms with Crippen molar-refractivity contribution in [3.05, 3.63) is 35.4 Å². The summed E-state index contributed by atoms with van der Waals surface area (Å²) in [6, 6.07) is 6.61. The van der Waals surface area contributed by atoms with E-state index in [0.29, 0.717) is 19.4 Å². The highest BCUT2D eigenvalue weighted by Crippen LogP contribution is 2.23. The van der Waals surface area contributed by atoms with Crippen LogP contribution in [0.3, 0.4) is 0 Å². The van der Waals surface area contributed by atoms with Gasteiger partial charge in [-0.25, -0.2) is 4.79 Å². The number of aromatic carboxylic acids is 1. The maximum Gasteiger partial charge on any atom is 0.335 e. The molecule has 1 atom stereocenters. The van der Waals surface area contributed by atoms with E-state index in [1.807, 2.05) is 6.92 Å². The summed E-state index contributed by atoms with van der Waals surface area (Å²) in [6.45, 7) is 3.33. The molecule has 5 nitrogen and oxygen atoms in total. The molecule has 114 valence electrons. The van der Waals surface area contributed by atoms with Gasteiger partial charge in [0.15, 0.2) is 0 Å². The van der Waals surface area contributed by atoms with Crippen molar-refractivity contribution in [2.45, 2.75) is 38.2 Å². The molecule has 21 heavy (non-hydrogen) atoms. The second-order valence-corrected chi connectivity index (χ2v) is 5.68. The summed E-state index contributed by atoms with van der Waals surface area (Å²) in [5, 5.41) is 11.7. The molecule has 0 radical (unpaired) electrons. The van der Waals surface area contributed by atoms with Crippen molar-refractivity contribution in [1.82, 2.24) is 5.32 Å². The van der Waals surface area contributed by atoms with Crippen LogP contribution >= 0.6 is 0 Å². The lowest BCUT2D eigenvalue weighted by Gasteiger charge is -2.23. The van der Waals surface area contributed by atoms with E-state index in [0.717, 1.165) is 25.0 Å². The SMILES string of the molecule is CC1(CNC(=O)CCc2ccc(C(=O)O)cc2)CCCO1. The van der Waals surface area contributed by atoms with Crippen molar-refractivity contribution >= 4 is 11.9 Å².